The third-order valence-electron chi connectivity index (χ3n) is 4.87. The Morgan fingerprint density at radius 3 is 2.93 bits per heavy atom. The van der Waals surface area contributed by atoms with Crippen LogP contribution in [0.15, 0.2) is 41.4 Å². The van der Waals surface area contributed by atoms with Crippen LogP contribution in [0, 0.1) is 0 Å². The van der Waals surface area contributed by atoms with Crippen molar-refractivity contribution in [1.29, 1.82) is 0 Å². The molecule has 1 fully saturated rings. The van der Waals surface area contributed by atoms with Gasteiger partial charge in [-0.05, 0) is 55.7 Å². The first-order valence-electron chi connectivity index (χ1n) is 9.20. The SMILES string of the molecule is C[C@@H]1Sc2ccc(C(=O)NCc3ccnc(N4CCCC4)c3)cc2NC1=O. The molecule has 2 amide bonds. The molecule has 27 heavy (non-hydrogen) atoms. The number of carbonyl (C=O) groups excluding carboxylic acids is 2. The number of benzene rings is 1. The number of hydrogen-bond donors (Lipinski definition) is 2. The van der Waals surface area contributed by atoms with Gasteiger partial charge in [0.25, 0.3) is 5.91 Å². The van der Waals surface area contributed by atoms with Gasteiger partial charge in [0.05, 0.1) is 10.9 Å². The van der Waals surface area contributed by atoms with Crippen LogP contribution in [0.4, 0.5) is 11.5 Å². The van der Waals surface area contributed by atoms with Gasteiger partial charge in [-0.2, -0.15) is 0 Å². The summed E-state index contributed by atoms with van der Waals surface area (Å²) in [6.07, 6.45) is 4.20. The number of rotatable bonds is 4. The van der Waals surface area contributed by atoms with Crippen molar-refractivity contribution in [2.75, 3.05) is 23.3 Å². The normalized spacial score (nSPS) is 18.8. The number of pyridine rings is 1. The molecule has 1 atom stereocenters. The Kier molecular flexibility index (Phi) is 5.03. The quantitative estimate of drug-likeness (QED) is 0.850. The zero-order valence-electron chi connectivity index (χ0n) is 15.2. The van der Waals surface area contributed by atoms with Gasteiger partial charge in [-0.15, -0.1) is 11.8 Å². The molecule has 0 unspecified atom stereocenters. The summed E-state index contributed by atoms with van der Waals surface area (Å²) in [7, 11) is 0. The van der Waals surface area contributed by atoms with Crippen molar-refractivity contribution in [3.05, 3.63) is 47.7 Å². The van der Waals surface area contributed by atoms with Crippen molar-refractivity contribution >= 4 is 35.1 Å². The van der Waals surface area contributed by atoms with Crippen molar-refractivity contribution in [2.24, 2.45) is 0 Å². The lowest BCUT2D eigenvalue weighted by Gasteiger charge is -2.21. The fourth-order valence-electron chi connectivity index (χ4n) is 3.32. The number of hydrogen-bond acceptors (Lipinski definition) is 5. The van der Waals surface area contributed by atoms with Crippen LogP contribution >= 0.6 is 11.8 Å². The number of anilines is 2. The zero-order chi connectivity index (χ0) is 18.8. The minimum absolute atomic E-state index is 0.0312. The van der Waals surface area contributed by atoms with Crippen molar-refractivity contribution < 1.29 is 9.59 Å². The molecule has 0 aliphatic carbocycles. The topological polar surface area (TPSA) is 74.3 Å². The molecule has 4 rings (SSSR count). The van der Waals surface area contributed by atoms with Gasteiger partial charge < -0.3 is 15.5 Å². The van der Waals surface area contributed by atoms with Crippen molar-refractivity contribution in [2.45, 2.75) is 36.5 Å². The van der Waals surface area contributed by atoms with E-state index in [1.807, 2.05) is 25.1 Å². The van der Waals surface area contributed by atoms with Crippen molar-refractivity contribution in [1.82, 2.24) is 10.3 Å². The predicted molar refractivity (Wildman–Crippen MR) is 107 cm³/mol. The van der Waals surface area contributed by atoms with Gasteiger partial charge in [0.15, 0.2) is 0 Å². The van der Waals surface area contributed by atoms with Gasteiger partial charge in [0.1, 0.15) is 5.82 Å². The Hall–Kier alpha value is -2.54. The lowest BCUT2D eigenvalue weighted by Crippen LogP contribution is -2.27. The molecular weight excluding hydrogens is 360 g/mol. The molecule has 0 radical (unpaired) electrons. The summed E-state index contributed by atoms with van der Waals surface area (Å²) in [5.41, 5.74) is 2.27. The number of amides is 2. The molecule has 6 nitrogen and oxygen atoms in total. The van der Waals surface area contributed by atoms with Crippen LogP contribution in [0.3, 0.4) is 0 Å². The maximum absolute atomic E-state index is 12.5. The first-order chi connectivity index (χ1) is 13.1. The fraction of sp³-hybridized carbons (Fsp3) is 0.350. The number of nitrogens with zero attached hydrogens (tertiary/aromatic N) is 2. The molecule has 1 saturated heterocycles. The van der Waals surface area contributed by atoms with E-state index in [9.17, 15) is 9.59 Å². The molecule has 1 aromatic carbocycles. The Bertz CT molecular complexity index is 880. The van der Waals surface area contributed by atoms with Crippen LogP contribution in [-0.2, 0) is 11.3 Å². The minimum Gasteiger partial charge on any atom is -0.357 e. The Balaban J connectivity index is 1.42. The van der Waals surface area contributed by atoms with Gasteiger partial charge in [-0.3, -0.25) is 9.59 Å². The second-order valence-corrected chi connectivity index (χ2v) is 8.24. The zero-order valence-corrected chi connectivity index (χ0v) is 16.0. The van der Waals surface area contributed by atoms with Gasteiger partial charge in [0.2, 0.25) is 5.91 Å². The number of aromatic nitrogens is 1. The van der Waals surface area contributed by atoms with E-state index >= 15 is 0 Å². The van der Waals surface area contributed by atoms with E-state index in [0.717, 1.165) is 29.4 Å². The van der Waals surface area contributed by atoms with Crippen LogP contribution in [0.2, 0.25) is 0 Å². The second kappa shape index (κ2) is 7.60. The van der Waals surface area contributed by atoms with E-state index in [1.54, 1.807) is 18.3 Å². The highest BCUT2D eigenvalue weighted by molar-refractivity contribution is 8.00. The number of nitrogens with one attached hydrogen (secondary N) is 2. The average molecular weight is 382 g/mol. The van der Waals surface area contributed by atoms with E-state index in [-0.39, 0.29) is 17.1 Å². The van der Waals surface area contributed by atoms with Crippen LogP contribution < -0.4 is 15.5 Å². The molecule has 2 aliphatic rings. The van der Waals surface area contributed by atoms with Crippen LogP contribution in [0.5, 0.6) is 0 Å². The molecule has 1 aromatic heterocycles. The van der Waals surface area contributed by atoms with Gasteiger partial charge in [-0.1, -0.05) is 0 Å². The first-order valence-corrected chi connectivity index (χ1v) is 10.1. The highest BCUT2D eigenvalue weighted by Gasteiger charge is 2.23. The number of carbonyl (C=O) groups is 2. The van der Waals surface area contributed by atoms with Crippen LogP contribution in [0.1, 0.15) is 35.7 Å². The third kappa shape index (κ3) is 3.93. The van der Waals surface area contributed by atoms with Gasteiger partial charge >= 0.3 is 0 Å². The van der Waals surface area contributed by atoms with Gasteiger partial charge in [0, 0.05) is 36.3 Å². The van der Waals surface area contributed by atoms with E-state index in [0.29, 0.717) is 17.8 Å². The summed E-state index contributed by atoms with van der Waals surface area (Å²) in [4.78, 5) is 32.1. The average Bonchev–Trinajstić information content (AvgIpc) is 3.22. The monoisotopic (exact) mass is 382 g/mol. The van der Waals surface area contributed by atoms with Crippen LogP contribution in [-0.4, -0.2) is 35.1 Å². The standard InChI is InChI=1S/C20H22N4O2S/c1-13-19(25)23-16-11-15(4-5-17(16)27-13)20(26)22-12-14-6-7-21-18(10-14)24-8-2-3-9-24/h4-7,10-11,13H,2-3,8-9,12H2,1H3,(H,22,26)(H,23,25)/t13-/m0/s1. The predicted octanol–water partition coefficient (Wildman–Crippen LogP) is 3.04. The molecule has 140 valence electrons. The largest absolute Gasteiger partial charge is 0.357 e. The lowest BCUT2D eigenvalue weighted by atomic mass is 10.1. The summed E-state index contributed by atoms with van der Waals surface area (Å²) < 4.78 is 0. The molecule has 0 bridgehead atoms. The molecule has 7 heteroatoms. The third-order valence-corrected chi connectivity index (χ3v) is 6.04. The summed E-state index contributed by atoms with van der Waals surface area (Å²) in [6, 6.07) is 9.39. The summed E-state index contributed by atoms with van der Waals surface area (Å²) in [5, 5.41) is 5.70. The second-order valence-electron chi connectivity index (χ2n) is 6.86. The molecule has 2 N–H and O–H groups in total. The minimum atomic E-state index is -0.157. The Morgan fingerprint density at radius 1 is 1.30 bits per heavy atom. The number of fused-ring (bicyclic) bond motifs is 1. The van der Waals surface area contributed by atoms with E-state index < -0.39 is 0 Å². The Morgan fingerprint density at radius 2 is 2.11 bits per heavy atom. The maximum Gasteiger partial charge on any atom is 0.251 e. The smallest absolute Gasteiger partial charge is 0.251 e. The highest BCUT2D eigenvalue weighted by atomic mass is 32.2. The maximum atomic E-state index is 12.5. The molecular formula is C20H22N4O2S. The molecule has 2 aromatic rings. The van der Waals surface area contributed by atoms with Gasteiger partial charge in [-0.25, -0.2) is 4.98 Å². The summed E-state index contributed by atoms with van der Waals surface area (Å²) in [6.45, 7) is 4.40. The molecule has 3 heterocycles. The molecule has 2 aliphatic heterocycles. The molecule has 0 saturated carbocycles. The van der Waals surface area contributed by atoms with Crippen molar-refractivity contribution in [3.8, 4) is 0 Å². The fourth-order valence-corrected chi connectivity index (χ4v) is 4.25. The van der Waals surface area contributed by atoms with Crippen LogP contribution in [0.25, 0.3) is 0 Å². The summed E-state index contributed by atoms with van der Waals surface area (Å²) in [5.74, 6) is 0.786. The lowest BCUT2D eigenvalue weighted by molar-refractivity contribution is -0.115. The summed E-state index contributed by atoms with van der Waals surface area (Å²) >= 11 is 1.51. The Labute approximate surface area is 162 Å². The van der Waals surface area contributed by atoms with Crippen molar-refractivity contribution in [3.63, 3.8) is 0 Å². The van der Waals surface area contributed by atoms with E-state index in [2.05, 4.69) is 20.5 Å². The highest BCUT2D eigenvalue weighted by Crippen LogP contribution is 2.35. The number of thioether (sulfide) groups is 1. The van der Waals surface area contributed by atoms with E-state index in [1.165, 1.54) is 24.6 Å². The first kappa shape index (κ1) is 17.9. The van der Waals surface area contributed by atoms with E-state index in [4.69, 9.17) is 0 Å². The molecule has 0 spiro atoms.